The van der Waals surface area contributed by atoms with Gasteiger partial charge in [0, 0.05) is 20.0 Å². The van der Waals surface area contributed by atoms with Crippen LogP contribution >= 0.6 is 0 Å². The number of halogens is 1. The lowest BCUT2D eigenvalue weighted by Crippen LogP contribution is -2.31. The Morgan fingerprint density at radius 2 is 2.12 bits per heavy atom. The van der Waals surface area contributed by atoms with Crippen molar-refractivity contribution in [1.82, 2.24) is 10.6 Å². The molecule has 1 aromatic carbocycles. The van der Waals surface area contributed by atoms with Gasteiger partial charge in [-0.1, -0.05) is 12.1 Å². The molecule has 0 radical (unpaired) electrons. The van der Waals surface area contributed by atoms with Crippen molar-refractivity contribution in [3.63, 3.8) is 0 Å². The largest absolute Gasteiger partial charge is 0.355 e. The van der Waals surface area contributed by atoms with Crippen molar-refractivity contribution in [2.45, 2.75) is 13.3 Å². The van der Waals surface area contributed by atoms with Gasteiger partial charge in [-0.15, -0.1) is 0 Å². The molecule has 1 amide bonds. The molecule has 0 saturated carbocycles. The normalized spacial score (nSPS) is 10.1. The second-order valence-corrected chi connectivity index (χ2v) is 3.61. The van der Waals surface area contributed by atoms with Crippen LogP contribution in [0.1, 0.15) is 12.5 Å². The average Bonchev–Trinajstić information content (AvgIpc) is 2.23. The second-order valence-electron chi connectivity index (χ2n) is 3.61. The molecular formula is C12H17FN2O. The molecule has 0 fully saturated rings. The molecule has 88 valence electrons. The van der Waals surface area contributed by atoms with E-state index in [1.807, 2.05) is 6.07 Å². The summed E-state index contributed by atoms with van der Waals surface area (Å²) in [6.07, 6.45) is 0.790. The van der Waals surface area contributed by atoms with Crippen molar-refractivity contribution in [2.24, 2.45) is 0 Å². The van der Waals surface area contributed by atoms with Crippen LogP contribution in [-0.4, -0.2) is 25.5 Å². The Balaban J connectivity index is 2.09. The van der Waals surface area contributed by atoms with Crippen molar-refractivity contribution >= 4 is 5.91 Å². The molecule has 16 heavy (non-hydrogen) atoms. The summed E-state index contributed by atoms with van der Waals surface area (Å²) in [5, 5.41) is 5.86. The highest BCUT2D eigenvalue weighted by Crippen LogP contribution is 2.03. The first-order valence-electron chi connectivity index (χ1n) is 5.38. The fourth-order valence-electron chi connectivity index (χ4n) is 1.38. The Labute approximate surface area is 95.0 Å². The second kappa shape index (κ2) is 6.95. The van der Waals surface area contributed by atoms with Gasteiger partial charge < -0.3 is 10.6 Å². The Bertz CT molecular complexity index is 342. The third-order valence-corrected chi connectivity index (χ3v) is 2.16. The summed E-state index contributed by atoms with van der Waals surface area (Å²) in [4.78, 5) is 10.6. The van der Waals surface area contributed by atoms with E-state index in [4.69, 9.17) is 0 Å². The number of nitrogens with one attached hydrogen (secondary N) is 2. The van der Waals surface area contributed by atoms with E-state index in [9.17, 15) is 9.18 Å². The van der Waals surface area contributed by atoms with Crippen molar-refractivity contribution in [3.05, 3.63) is 35.6 Å². The highest BCUT2D eigenvalue weighted by atomic mass is 19.1. The number of carbonyl (C=O) groups excluding carboxylic acids is 1. The first-order valence-corrected chi connectivity index (χ1v) is 5.38. The van der Waals surface area contributed by atoms with Crippen LogP contribution in [0.25, 0.3) is 0 Å². The van der Waals surface area contributed by atoms with Crippen molar-refractivity contribution in [2.75, 3.05) is 19.6 Å². The van der Waals surface area contributed by atoms with Crippen LogP contribution in [-0.2, 0) is 11.2 Å². The van der Waals surface area contributed by atoms with Gasteiger partial charge in [0.15, 0.2) is 0 Å². The lowest BCUT2D eigenvalue weighted by Gasteiger charge is -2.05. The fourth-order valence-corrected chi connectivity index (χ4v) is 1.38. The quantitative estimate of drug-likeness (QED) is 0.710. The predicted octanol–water partition coefficient (Wildman–Crippen LogP) is 1.09. The van der Waals surface area contributed by atoms with Crippen molar-refractivity contribution in [1.29, 1.82) is 0 Å². The summed E-state index contributed by atoms with van der Waals surface area (Å²) >= 11 is 0. The van der Waals surface area contributed by atoms with Gasteiger partial charge in [0.2, 0.25) is 5.91 Å². The van der Waals surface area contributed by atoms with Crippen molar-refractivity contribution < 1.29 is 9.18 Å². The van der Waals surface area contributed by atoms with Gasteiger partial charge >= 0.3 is 0 Å². The van der Waals surface area contributed by atoms with E-state index in [0.29, 0.717) is 6.54 Å². The van der Waals surface area contributed by atoms with Crippen LogP contribution in [0.5, 0.6) is 0 Å². The average molecular weight is 224 g/mol. The van der Waals surface area contributed by atoms with Gasteiger partial charge in [0.1, 0.15) is 5.82 Å². The fraction of sp³-hybridized carbons (Fsp3) is 0.417. The van der Waals surface area contributed by atoms with Crippen LogP contribution in [0.4, 0.5) is 4.39 Å². The maximum Gasteiger partial charge on any atom is 0.216 e. The zero-order valence-corrected chi connectivity index (χ0v) is 9.42. The highest BCUT2D eigenvalue weighted by Gasteiger charge is 1.95. The van der Waals surface area contributed by atoms with Gasteiger partial charge in [0.05, 0.1) is 0 Å². The molecule has 1 rings (SSSR count). The molecule has 4 heteroatoms. The topological polar surface area (TPSA) is 41.1 Å². The zero-order valence-electron chi connectivity index (χ0n) is 9.42. The summed E-state index contributed by atoms with van der Waals surface area (Å²) in [6, 6.07) is 6.59. The van der Waals surface area contributed by atoms with Crippen molar-refractivity contribution in [3.8, 4) is 0 Å². The summed E-state index contributed by atoms with van der Waals surface area (Å²) in [7, 11) is 0. The Kier molecular flexibility index (Phi) is 5.50. The van der Waals surface area contributed by atoms with Gasteiger partial charge in [-0.05, 0) is 30.7 Å². The maximum atomic E-state index is 12.8. The number of benzene rings is 1. The monoisotopic (exact) mass is 224 g/mol. The SMILES string of the molecule is CC(=O)NCCNCCc1cccc(F)c1. The Morgan fingerprint density at radius 1 is 1.31 bits per heavy atom. The number of carbonyl (C=O) groups is 1. The number of hydrogen-bond acceptors (Lipinski definition) is 2. The first kappa shape index (κ1) is 12.6. The van der Waals surface area contributed by atoms with E-state index in [1.54, 1.807) is 6.07 Å². The van der Waals surface area contributed by atoms with Gasteiger partial charge in [-0.2, -0.15) is 0 Å². The zero-order chi connectivity index (χ0) is 11.8. The van der Waals surface area contributed by atoms with Gasteiger partial charge in [0.25, 0.3) is 0 Å². The molecular weight excluding hydrogens is 207 g/mol. The number of hydrogen-bond donors (Lipinski definition) is 2. The smallest absolute Gasteiger partial charge is 0.216 e. The highest BCUT2D eigenvalue weighted by molar-refractivity contribution is 5.72. The van der Waals surface area contributed by atoms with Crippen LogP contribution in [0, 0.1) is 5.82 Å². The Hall–Kier alpha value is -1.42. The third-order valence-electron chi connectivity index (χ3n) is 2.16. The van der Waals surface area contributed by atoms with Crippen LogP contribution < -0.4 is 10.6 Å². The number of amides is 1. The molecule has 0 atom stereocenters. The molecule has 0 aliphatic rings. The lowest BCUT2D eigenvalue weighted by atomic mass is 10.1. The molecule has 0 aliphatic heterocycles. The molecule has 0 aliphatic carbocycles. The summed E-state index contributed by atoms with van der Waals surface area (Å²) in [5.74, 6) is -0.220. The first-order chi connectivity index (χ1) is 7.68. The Morgan fingerprint density at radius 3 is 2.81 bits per heavy atom. The summed E-state index contributed by atoms with van der Waals surface area (Å²) < 4.78 is 12.8. The summed E-state index contributed by atoms with van der Waals surface area (Å²) in [5.41, 5.74) is 0.979. The molecule has 1 aromatic rings. The lowest BCUT2D eigenvalue weighted by molar-refractivity contribution is -0.118. The minimum Gasteiger partial charge on any atom is -0.355 e. The van der Waals surface area contributed by atoms with Gasteiger partial charge in [-0.3, -0.25) is 4.79 Å². The molecule has 0 saturated heterocycles. The van der Waals surface area contributed by atoms with E-state index in [0.717, 1.165) is 25.1 Å². The van der Waals surface area contributed by atoms with E-state index < -0.39 is 0 Å². The molecule has 3 nitrogen and oxygen atoms in total. The van der Waals surface area contributed by atoms with E-state index >= 15 is 0 Å². The van der Waals surface area contributed by atoms with E-state index in [1.165, 1.54) is 19.1 Å². The van der Waals surface area contributed by atoms with Crippen LogP contribution in [0.2, 0.25) is 0 Å². The molecule has 0 bridgehead atoms. The third kappa shape index (κ3) is 5.46. The van der Waals surface area contributed by atoms with Gasteiger partial charge in [-0.25, -0.2) is 4.39 Å². The van der Waals surface area contributed by atoms with E-state index in [-0.39, 0.29) is 11.7 Å². The maximum absolute atomic E-state index is 12.8. The summed E-state index contributed by atoms with van der Waals surface area (Å²) in [6.45, 7) is 3.63. The number of rotatable bonds is 6. The molecule has 0 unspecified atom stereocenters. The van der Waals surface area contributed by atoms with E-state index in [2.05, 4.69) is 10.6 Å². The molecule has 2 N–H and O–H groups in total. The molecule has 0 heterocycles. The predicted molar refractivity (Wildman–Crippen MR) is 61.7 cm³/mol. The molecule has 0 aromatic heterocycles. The standard InChI is InChI=1S/C12H17FN2O/c1-10(16)15-8-7-14-6-5-11-3-2-4-12(13)9-11/h2-4,9,14H,5-8H2,1H3,(H,15,16). The minimum absolute atomic E-state index is 0.0214. The van der Waals surface area contributed by atoms with Crippen LogP contribution in [0.15, 0.2) is 24.3 Å². The van der Waals surface area contributed by atoms with Crippen LogP contribution in [0.3, 0.4) is 0 Å². The minimum atomic E-state index is -0.198. The molecule has 0 spiro atoms.